The molecule has 0 saturated carbocycles. The fourth-order valence-electron chi connectivity index (χ4n) is 3.47. The predicted octanol–water partition coefficient (Wildman–Crippen LogP) is 3.36. The molecule has 1 aliphatic heterocycles. The first kappa shape index (κ1) is 22.3. The van der Waals surface area contributed by atoms with Gasteiger partial charge in [-0.15, -0.1) is 0 Å². The maximum Gasteiger partial charge on any atom is 0.244 e. The van der Waals surface area contributed by atoms with Crippen LogP contribution in [0.3, 0.4) is 0 Å². The molecule has 0 aromatic heterocycles. The maximum absolute atomic E-state index is 12.8. The lowest BCUT2D eigenvalue weighted by atomic mass is 10.1. The highest BCUT2D eigenvalue weighted by Crippen LogP contribution is 2.29. The number of nitrogens with zero attached hydrogens (tertiary/aromatic N) is 2. The van der Waals surface area contributed by atoms with Crippen LogP contribution in [0.5, 0.6) is 0 Å². The Labute approximate surface area is 181 Å². The first-order valence-corrected chi connectivity index (χ1v) is 11.6. The summed E-state index contributed by atoms with van der Waals surface area (Å²) in [5, 5.41) is 2.82. The van der Waals surface area contributed by atoms with Crippen molar-refractivity contribution >= 4 is 44.8 Å². The summed E-state index contributed by atoms with van der Waals surface area (Å²) in [5.74, 6) is -0.992. The molecule has 9 heteroatoms. The Kier molecular flexibility index (Phi) is 6.80. The topological polar surface area (TPSA) is 86.8 Å². The van der Waals surface area contributed by atoms with E-state index >= 15 is 0 Å². The summed E-state index contributed by atoms with van der Waals surface area (Å²) in [7, 11) is -3.78. The first-order valence-electron chi connectivity index (χ1n) is 9.73. The molecule has 3 rings (SSSR count). The van der Waals surface area contributed by atoms with Gasteiger partial charge in [0.15, 0.2) is 0 Å². The number of amides is 2. The summed E-state index contributed by atoms with van der Waals surface area (Å²) in [6.45, 7) is 4.38. The van der Waals surface area contributed by atoms with Gasteiger partial charge in [0, 0.05) is 37.4 Å². The van der Waals surface area contributed by atoms with Gasteiger partial charge >= 0.3 is 0 Å². The molecular weight excluding hydrogens is 426 g/mol. The fourth-order valence-corrected chi connectivity index (χ4v) is 5.42. The number of anilines is 2. The molecule has 0 aliphatic carbocycles. The number of rotatable bonds is 7. The monoisotopic (exact) mass is 449 g/mol. The smallest absolute Gasteiger partial charge is 0.244 e. The molecule has 0 radical (unpaired) electrons. The molecule has 2 amide bonds. The van der Waals surface area contributed by atoms with Gasteiger partial charge in [-0.2, -0.15) is 4.31 Å². The second-order valence-corrected chi connectivity index (χ2v) is 9.28. The van der Waals surface area contributed by atoms with E-state index in [0.29, 0.717) is 18.8 Å². The second kappa shape index (κ2) is 9.16. The third-order valence-corrected chi connectivity index (χ3v) is 7.62. The minimum Gasteiger partial charge on any atom is -0.326 e. The molecule has 1 N–H and O–H groups in total. The van der Waals surface area contributed by atoms with Gasteiger partial charge in [0.2, 0.25) is 21.8 Å². The number of benzene rings is 2. The van der Waals surface area contributed by atoms with Crippen molar-refractivity contribution in [1.82, 2.24) is 4.31 Å². The van der Waals surface area contributed by atoms with Crippen molar-refractivity contribution in [2.24, 2.45) is 5.92 Å². The zero-order valence-corrected chi connectivity index (χ0v) is 18.4. The van der Waals surface area contributed by atoms with Gasteiger partial charge < -0.3 is 10.2 Å². The van der Waals surface area contributed by atoms with Crippen LogP contribution in [0, 0.1) is 5.92 Å². The van der Waals surface area contributed by atoms with Crippen LogP contribution in [0.15, 0.2) is 53.4 Å². The molecule has 0 bridgehead atoms. The van der Waals surface area contributed by atoms with Gasteiger partial charge in [-0.3, -0.25) is 9.59 Å². The minimum atomic E-state index is -3.78. The molecule has 1 aliphatic rings. The Bertz CT molecular complexity index is 1040. The number of para-hydroxylation sites is 1. The van der Waals surface area contributed by atoms with Crippen LogP contribution in [0.25, 0.3) is 0 Å². The Morgan fingerprint density at radius 2 is 1.83 bits per heavy atom. The Morgan fingerprint density at radius 1 is 1.17 bits per heavy atom. The molecule has 1 heterocycles. The second-order valence-electron chi connectivity index (χ2n) is 6.96. The molecule has 160 valence electrons. The van der Waals surface area contributed by atoms with E-state index in [1.165, 1.54) is 16.4 Å². The molecule has 7 nitrogen and oxygen atoms in total. The number of halogens is 1. The maximum atomic E-state index is 12.8. The number of sulfonamides is 1. The Morgan fingerprint density at radius 3 is 2.47 bits per heavy atom. The van der Waals surface area contributed by atoms with Crippen LogP contribution >= 0.6 is 11.6 Å². The lowest BCUT2D eigenvalue weighted by molar-refractivity contribution is -0.122. The van der Waals surface area contributed by atoms with E-state index in [4.69, 9.17) is 11.6 Å². The molecule has 30 heavy (non-hydrogen) atoms. The van der Waals surface area contributed by atoms with Crippen molar-refractivity contribution < 1.29 is 18.0 Å². The zero-order valence-electron chi connectivity index (χ0n) is 16.8. The number of carbonyl (C=O) groups is 2. The number of hydrogen-bond acceptors (Lipinski definition) is 4. The highest BCUT2D eigenvalue weighted by Gasteiger charge is 2.35. The molecule has 0 spiro atoms. The van der Waals surface area contributed by atoms with Crippen molar-refractivity contribution in [3.63, 3.8) is 0 Å². The summed E-state index contributed by atoms with van der Waals surface area (Å²) in [5.41, 5.74) is 1.07. The van der Waals surface area contributed by atoms with E-state index < -0.39 is 15.9 Å². The average molecular weight is 450 g/mol. The van der Waals surface area contributed by atoms with Crippen LogP contribution < -0.4 is 10.2 Å². The van der Waals surface area contributed by atoms with Crippen molar-refractivity contribution in [3.8, 4) is 0 Å². The van der Waals surface area contributed by atoms with Gasteiger partial charge in [0.1, 0.15) is 4.90 Å². The van der Waals surface area contributed by atoms with E-state index in [1.54, 1.807) is 24.8 Å². The first-order chi connectivity index (χ1) is 14.3. The lowest BCUT2D eigenvalue weighted by Crippen LogP contribution is -2.31. The molecular formula is C21H24ClN3O4S. The SMILES string of the molecule is CCN(CC)S(=O)(=O)c1cc(NC(=O)C2CC(=O)N(c3ccccc3)C2)ccc1Cl. The summed E-state index contributed by atoms with van der Waals surface area (Å²) in [6, 6.07) is 13.5. The molecule has 2 aromatic carbocycles. The average Bonchev–Trinajstić information content (AvgIpc) is 3.12. The number of carbonyl (C=O) groups excluding carboxylic acids is 2. The van der Waals surface area contributed by atoms with Crippen LogP contribution in [0.1, 0.15) is 20.3 Å². The molecule has 1 saturated heterocycles. The van der Waals surface area contributed by atoms with Crippen LogP contribution in [-0.2, 0) is 19.6 Å². The number of hydrogen-bond donors (Lipinski definition) is 1. The van der Waals surface area contributed by atoms with E-state index in [2.05, 4.69) is 5.32 Å². The predicted molar refractivity (Wildman–Crippen MR) is 117 cm³/mol. The molecule has 1 fully saturated rings. The van der Waals surface area contributed by atoms with Crippen molar-refractivity contribution in [2.45, 2.75) is 25.2 Å². The molecule has 1 atom stereocenters. The highest BCUT2D eigenvalue weighted by atomic mass is 35.5. The third kappa shape index (κ3) is 4.50. The normalized spacial score (nSPS) is 16.9. The van der Waals surface area contributed by atoms with E-state index in [1.807, 2.05) is 30.3 Å². The largest absolute Gasteiger partial charge is 0.326 e. The molecule has 1 unspecified atom stereocenters. The summed E-state index contributed by atoms with van der Waals surface area (Å²) < 4.78 is 27.0. The van der Waals surface area contributed by atoms with Crippen LogP contribution in [0.2, 0.25) is 5.02 Å². The summed E-state index contributed by atoms with van der Waals surface area (Å²) in [6.07, 6.45) is 0.0962. The van der Waals surface area contributed by atoms with Crippen molar-refractivity contribution in [3.05, 3.63) is 53.6 Å². The van der Waals surface area contributed by atoms with Crippen molar-refractivity contribution in [1.29, 1.82) is 0 Å². The minimum absolute atomic E-state index is 0.0564. The summed E-state index contributed by atoms with van der Waals surface area (Å²) in [4.78, 5) is 26.6. The van der Waals surface area contributed by atoms with Gasteiger partial charge in [-0.25, -0.2) is 8.42 Å². The van der Waals surface area contributed by atoms with Gasteiger partial charge in [-0.1, -0.05) is 43.6 Å². The summed E-state index contributed by atoms with van der Waals surface area (Å²) >= 11 is 6.14. The third-order valence-electron chi connectivity index (χ3n) is 5.09. The van der Waals surface area contributed by atoms with E-state index in [9.17, 15) is 18.0 Å². The van der Waals surface area contributed by atoms with E-state index in [-0.39, 0.29) is 34.7 Å². The lowest BCUT2D eigenvalue weighted by Gasteiger charge is -2.20. The fraction of sp³-hybridized carbons (Fsp3) is 0.333. The van der Waals surface area contributed by atoms with Crippen LogP contribution in [-0.4, -0.2) is 44.2 Å². The highest BCUT2D eigenvalue weighted by molar-refractivity contribution is 7.89. The van der Waals surface area contributed by atoms with Crippen LogP contribution in [0.4, 0.5) is 11.4 Å². The Balaban J connectivity index is 1.77. The van der Waals surface area contributed by atoms with Crippen molar-refractivity contribution in [2.75, 3.05) is 29.9 Å². The number of nitrogens with one attached hydrogen (secondary N) is 1. The van der Waals surface area contributed by atoms with Gasteiger partial charge in [-0.05, 0) is 30.3 Å². The quantitative estimate of drug-likeness (QED) is 0.702. The van der Waals surface area contributed by atoms with Gasteiger partial charge in [0.25, 0.3) is 0 Å². The zero-order chi connectivity index (χ0) is 21.9. The van der Waals surface area contributed by atoms with E-state index in [0.717, 1.165) is 5.69 Å². The molecule has 2 aromatic rings. The van der Waals surface area contributed by atoms with Gasteiger partial charge in [0.05, 0.1) is 10.9 Å². The standard InChI is InChI=1S/C21H24ClN3O4S/c1-3-24(4-2)30(28,29)19-13-16(10-11-18(19)22)23-21(27)15-12-20(26)25(14-15)17-8-6-5-7-9-17/h5-11,13,15H,3-4,12,14H2,1-2H3,(H,23,27). The Hall–Kier alpha value is -2.42.